The van der Waals surface area contributed by atoms with E-state index in [2.05, 4.69) is 0 Å². The Morgan fingerprint density at radius 2 is 1.59 bits per heavy atom. The van der Waals surface area contributed by atoms with Crippen molar-refractivity contribution in [3.63, 3.8) is 0 Å². The fourth-order valence-electron chi connectivity index (χ4n) is 4.35. The molecule has 32 heavy (non-hydrogen) atoms. The average molecular weight is 488 g/mol. The zero-order valence-corrected chi connectivity index (χ0v) is 19.1. The molecule has 8 heteroatoms. The second-order valence-corrected chi connectivity index (χ2v) is 8.97. The largest absolute Gasteiger partial charge is 0.273 e. The molecule has 3 atom stereocenters. The van der Waals surface area contributed by atoms with Gasteiger partial charge in [-0.2, -0.15) is 0 Å². The van der Waals surface area contributed by atoms with Gasteiger partial charge in [-0.15, -0.1) is 0 Å². The maximum atomic E-state index is 13.7. The summed E-state index contributed by atoms with van der Waals surface area (Å²) in [6, 6.07) is 18.9. The number of nitrogens with zero attached hydrogens (tertiary/aromatic N) is 2. The topological polar surface area (TPSA) is 49.9 Å². The van der Waals surface area contributed by atoms with Crippen LogP contribution in [0.2, 0.25) is 15.1 Å². The minimum atomic E-state index is -0.988. The van der Waals surface area contributed by atoms with Crippen molar-refractivity contribution in [2.75, 3.05) is 9.96 Å². The first-order valence-electron chi connectivity index (χ1n) is 9.97. The van der Waals surface area contributed by atoms with Crippen molar-refractivity contribution >= 4 is 58.0 Å². The SMILES string of the molecule is Cc1c(Cl)cccc1N1C(=O)[C@@H]2[C@@H](ON(c3ccccc3)[C@H]2c2ccc(Cl)cc2Cl)C1=O. The first kappa shape index (κ1) is 21.3. The predicted octanol–water partition coefficient (Wildman–Crippen LogP) is 6.01. The van der Waals surface area contributed by atoms with Gasteiger partial charge in [-0.05, 0) is 54.4 Å². The van der Waals surface area contributed by atoms with E-state index in [1.165, 1.54) is 4.90 Å². The number of rotatable bonds is 3. The molecule has 0 N–H and O–H groups in total. The minimum Gasteiger partial charge on any atom is -0.273 e. The fraction of sp³-hybridized carbons (Fsp3) is 0.167. The normalized spacial score (nSPS) is 22.6. The van der Waals surface area contributed by atoms with E-state index in [-0.39, 0.29) is 5.91 Å². The smallest absolute Gasteiger partial charge is 0.266 e. The van der Waals surface area contributed by atoms with Gasteiger partial charge in [0, 0.05) is 15.1 Å². The molecule has 0 aromatic heterocycles. The number of hydrogen-bond donors (Lipinski definition) is 0. The molecule has 2 saturated heterocycles. The van der Waals surface area contributed by atoms with Crippen LogP contribution in [0.25, 0.3) is 0 Å². The number of carbonyl (C=O) groups excluding carboxylic acids is 2. The van der Waals surface area contributed by atoms with E-state index in [9.17, 15) is 9.59 Å². The van der Waals surface area contributed by atoms with Crippen LogP contribution in [0, 0.1) is 12.8 Å². The Labute approximate surface area is 200 Å². The number of para-hydroxylation sites is 1. The second kappa shape index (κ2) is 8.09. The van der Waals surface area contributed by atoms with Crippen LogP contribution in [0.4, 0.5) is 11.4 Å². The van der Waals surface area contributed by atoms with E-state index in [0.717, 1.165) is 0 Å². The summed E-state index contributed by atoms with van der Waals surface area (Å²) in [5.41, 5.74) is 2.47. The maximum absolute atomic E-state index is 13.7. The molecular formula is C24H17Cl3N2O3. The van der Waals surface area contributed by atoms with E-state index < -0.39 is 24.0 Å². The number of benzene rings is 3. The Balaban J connectivity index is 1.63. The van der Waals surface area contributed by atoms with E-state index in [4.69, 9.17) is 39.6 Å². The summed E-state index contributed by atoms with van der Waals surface area (Å²) < 4.78 is 0. The molecule has 162 valence electrons. The number of anilines is 2. The van der Waals surface area contributed by atoms with Gasteiger partial charge in [0.25, 0.3) is 5.91 Å². The number of imide groups is 1. The quantitative estimate of drug-likeness (QED) is 0.425. The van der Waals surface area contributed by atoms with Crippen LogP contribution in [0.1, 0.15) is 17.2 Å². The van der Waals surface area contributed by atoms with Crippen LogP contribution in [0.15, 0.2) is 66.7 Å². The molecule has 2 fully saturated rings. The lowest BCUT2D eigenvalue weighted by molar-refractivity contribution is -0.126. The van der Waals surface area contributed by atoms with Gasteiger partial charge in [-0.1, -0.05) is 65.1 Å². The van der Waals surface area contributed by atoms with Crippen LogP contribution in [-0.2, 0) is 14.4 Å². The monoisotopic (exact) mass is 486 g/mol. The number of amides is 2. The summed E-state index contributed by atoms with van der Waals surface area (Å²) in [5.74, 6) is -1.58. The zero-order valence-electron chi connectivity index (χ0n) is 16.8. The van der Waals surface area contributed by atoms with Crippen LogP contribution in [-0.4, -0.2) is 17.9 Å². The highest BCUT2D eigenvalue weighted by molar-refractivity contribution is 6.35. The first-order valence-corrected chi connectivity index (χ1v) is 11.1. The molecule has 0 unspecified atom stereocenters. The molecule has 2 aliphatic rings. The van der Waals surface area contributed by atoms with Crippen molar-refractivity contribution < 1.29 is 14.4 Å². The summed E-state index contributed by atoms with van der Waals surface area (Å²) >= 11 is 18.9. The predicted molar refractivity (Wildman–Crippen MR) is 125 cm³/mol. The maximum Gasteiger partial charge on any atom is 0.266 e. The third-order valence-electron chi connectivity index (χ3n) is 5.89. The molecule has 0 bridgehead atoms. The zero-order chi connectivity index (χ0) is 22.6. The van der Waals surface area contributed by atoms with Crippen LogP contribution < -0.4 is 9.96 Å². The van der Waals surface area contributed by atoms with Gasteiger partial charge >= 0.3 is 0 Å². The first-order chi connectivity index (χ1) is 15.4. The lowest BCUT2D eigenvalue weighted by Gasteiger charge is -2.29. The van der Waals surface area contributed by atoms with Crippen molar-refractivity contribution in [3.8, 4) is 0 Å². The molecule has 0 saturated carbocycles. The highest BCUT2D eigenvalue weighted by Gasteiger charge is 2.60. The molecule has 2 heterocycles. The molecule has 0 aliphatic carbocycles. The molecule has 3 aromatic rings. The fourth-order valence-corrected chi connectivity index (χ4v) is 5.04. The molecule has 5 nitrogen and oxygen atoms in total. The van der Waals surface area contributed by atoms with Crippen molar-refractivity contribution in [2.24, 2.45) is 5.92 Å². The molecule has 0 spiro atoms. The minimum absolute atomic E-state index is 0.361. The van der Waals surface area contributed by atoms with Gasteiger partial charge in [-0.3, -0.25) is 14.4 Å². The van der Waals surface area contributed by atoms with E-state index in [1.807, 2.05) is 30.3 Å². The summed E-state index contributed by atoms with van der Waals surface area (Å²) in [6.45, 7) is 1.77. The molecule has 2 amide bonds. The third kappa shape index (κ3) is 3.28. The molecular weight excluding hydrogens is 471 g/mol. The van der Waals surface area contributed by atoms with Crippen LogP contribution in [0.5, 0.6) is 0 Å². The molecule has 0 radical (unpaired) electrons. The molecule has 2 aliphatic heterocycles. The Morgan fingerprint density at radius 3 is 2.31 bits per heavy atom. The Hall–Kier alpha value is -2.57. The Kier molecular flexibility index (Phi) is 5.38. The average Bonchev–Trinajstić information content (AvgIpc) is 3.27. The Bertz CT molecular complexity index is 1230. The summed E-state index contributed by atoms with van der Waals surface area (Å²) in [6.07, 6.45) is -0.988. The van der Waals surface area contributed by atoms with E-state index in [1.54, 1.807) is 48.4 Å². The highest BCUT2D eigenvalue weighted by Crippen LogP contribution is 2.49. The summed E-state index contributed by atoms with van der Waals surface area (Å²) in [4.78, 5) is 34.4. The van der Waals surface area contributed by atoms with Crippen molar-refractivity contribution in [1.82, 2.24) is 0 Å². The summed E-state index contributed by atoms with van der Waals surface area (Å²) in [7, 11) is 0. The van der Waals surface area contributed by atoms with Gasteiger partial charge in [0.05, 0.1) is 17.4 Å². The van der Waals surface area contributed by atoms with Gasteiger partial charge in [0.1, 0.15) is 5.92 Å². The Morgan fingerprint density at radius 1 is 0.844 bits per heavy atom. The number of carbonyl (C=O) groups is 2. The highest BCUT2D eigenvalue weighted by atomic mass is 35.5. The van der Waals surface area contributed by atoms with Gasteiger partial charge in [-0.25, -0.2) is 9.96 Å². The number of fused-ring (bicyclic) bond motifs is 1. The molecule has 5 rings (SSSR count). The molecule has 3 aromatic carbocycles. The van der Waals surface area contributed by atoms with Crippen molar-refractivity contribution in [2.45, 2.75) is 19.1 Å². The van der Waals surface area contributed by atoms with Gasteiger partial charge < -0.3 is 0 Å². The van der Waals surface area contributed by atoms with Gasteiger partial charge in [0.15, 0.2) is 6.10 Å². The number of hydroxylamine groups is 1. The van der Waals surface area contributed by atoms with Crippen LogP contribution >= 0.6 is 34.8 Å². The lowest BCUT2D eigenvalue weighted by Crippen LogP contribution is -2.37. The van der Waals surface area contributed by atoms with Crippen molar-refractivity contribution in [1.29, 1.82) is 0 Å². The van der Waals surface area contributed by atoms with Crippen LogP contribution in [0.3, 0.4) is 0 Å². The van der Waals surface area contributed by atoms with Gasteiger partial charge in [0.2, 0.25) is 5.91 Å². The lowest BCUT2D eigenvalue weighted by atomic mass is 9.90. The van der Waals surface area contributed by atoms with E-state index in [0.29, 0.717) is 37.6 Å². The number of hydrogen-bond acceptors (Lipinski definition) is 4. The second-order valence-electron chi connectivity index (χ2n) is 7.72. The standard InChI is InChI=1S/C24H17Cl3N2O3/c1-13-17(26)8-5-9-19(13)28-23(30)20-21(16-11-10-14(25)12-18(16)27)29(32-22(20)24(28)31)15-6-3-2-4-7-15/h2-12,20-22H,1H3/t20-,21-,22+/m0/s1. The summed E-state index contributed by atoms with van der Waals surface area (Å²) in [5, 5.41) is 2.95. The third-order valence-corrected chi connectivity index (χ3v) is 6.86. The number of halogens is 3. The van der Waals surface area contributed by atoms with Crippen molar-refractivity contribution in [3.05, 3.63) is 92.9 Å². The van der Waals surface area contributed by atoms with E-state index >= 15 is 0 Å².